The van der Waals surface area contributed by atoms with Gasteiger partial charge in [-0.05, 0) is 61.6 Å². The molecule has 2 aromatic rings. The minimum atomic E-state index is -0.237. The number of aliphatic hydroxyl groups excluding tert-OH is 1. The maximum Gasteiger partial charge on any atom is 0.234 e. The highest BCUT2D eigenvalue weighted by molar-refractivity contribution is 6.30. The van der Waals surface area contributed by atoms with E-state index in [1.165, 1.54) is 0 Å². The normalized spacial score (nSPS) is 18.6. The van der Waals surface area contributed by atoms with Gasteiger partial charge in [0.1, 0.15) is 11.5 Å². The van der Waals surface area contributed by atoms with Crippen LogP contribution in [0.1, 0.15) is 36.8 Å². The van der Waals surface area contributed by atoms with Crippen LogP contribution in [0.2, 0.25) is 5.02 Å². The van der Waals surface area contributed by atoms with E-state index in [0.717, 1.165) is 42.6 Å². The number of hydrogen-bond donors (Lipinski definition) is 2. The van der Waals surface area contributed by atoms with Crippen LogP contribution in [0, 0.1) is 0 Å². The second kappa shape index (κ2) is 11.4. The SMILES string of the molecule is COc1cccc(CN(CC(=O)NCc2cc(Cl)ccc2OC)C2CCC(O)CC2)c1. The Morgan fingerprint density at radius 3 is 2.61 bits per heavy atom. The molecule has 0 unspecified atom stereocenters. The Morgan fingerprint density at radius 1 is 1.13 bits per heavy atom. The smallest absolute Gasteiger partial charge is 0.234 e. The van der Waals surface area contributed by atoms with E-state index in [-0.39, 0.29) is 24.6 Å². The molecule has 0 saturated heterocycles. The number of halogens is 1. The van der Waals surface area contributed by atoms with E-state index in [9.17, 15) is 9.90 Å². The van der Waals surface area contributed by atoms with E-state index in [1.807, 2.05) is 24.3 Å². The number of methoxy groups -OCH3 is 2. The van der Waals surface area contributed by atoms with Gasteiger partial charge in [0.2, 0.25) is 5.91 Å². The quantitative estimate of drug-likeness (QED) is 0.613. The van der Waals surface area contributed by atoms with Gasteiger partial charge in [-0.25, -0.2) is 0 Å². The molecule has 0 bridgehead atoms. The molecule has 1 aliphatic carbocycles. The van der Waals surface area contributed by atoms with E-state index >= 15 is 0 Å². The zero-order valence-corrected chi connectivity index (χ0v) is 18.9. The Kier molecular flexibility index (Phi) is 8.58. The fourth-order valence-electron chi connectivity index (χ4n) is 4.06. The van der Waals surface area contributed by atoms with Crippen LogP contribution in [0.4, 0.5) is 0 Å². The lowest BCUT2D eigenvalue weighted by Crippen LogP contribution is -2.44. The molecule has 0 radical (unpaired) electrons. The van der Waals surface area contributed by atoms with Crippen LogP contribution in [0.5, 0.6) is 11.5 Å². The number of aliphatic hydroxyl groups is 1. The molecule has 3 rings (SSSR count). The van der Waals surface area contributed by atoms with E-state index in [0.29, 0.717) is 23.9 Å². The van der Waals surface area contributed by atoms with Crippen molar-refractivity contribution in [1.82, 2.24) is 10.2 Å². The predicted octanol–water partition coefficient (Wildman–Crippen LogP) is 3.78. The third-order valence-corrected chi connectivity index (χ3v) is 6.00. The van der Waals surface area contributed by atoms with Crippen LogP contribution in [0.15, 0.2) is 42.5 Å². The minimum Gasteiger partial charge on any atom is -0.497 e. The van der Waals surface area contributed by atoms with Crippen molar-refractivity contribution in [1.29, 1.82) is 0 Å². The number of nitrogens with one attached hydrogen (secondary N) is 1. The topological polar surface area (TPSA) is 71.0 Å². The van der Waals surface area contributed by atoms with Gasteiger partial charge >= 0.3 is 0 Å². The van der Waals surface area contributed by atoms with Gasteiger partial charge in [-0.15, -0.1) is 0 Å². The summed E-state index contributed by atoms with van der Waals surface area (Å²) in [6, 6.07) is 13.5. The average Bonchev–Trinajstić information content (AvgIpc) is 2.78. The fraction of sp³-hybridized carbons (Fsp3) is 0.458. The average molecular weight is 447 g/mol. The monoisotopic (exact) mass is 446 g/mol. The lowest BCUT2D eigenvalue weighted by molar-refractivity contribution is -0.123. The fourth-order valence-corrected chi connectivity index (χ4v) is 4.26. The molecule has 1 fully saturated rings. The third kappa shape index (κ3) is 6.86. The largest absolute Gasteiger partial charge is 0.497 e. The third-order valence-electron chi connectivity index (χ3n) is 5.77. The Bertz CT molecular complexity index is 868. The van der Waals surface area contributed by atoms with Crippen molar-refractivity contribution in [3.63, 3.8) is 0 Å². The van der Waals surface area contributed by atoms with Gasteiger partial charge in [-0.2, -0.15) is 0 Å². The van der Waals surface area contributed by atoms with Crippen molar-refractivity contribution >= 4 is 17.5 Å². The Hall–Kier alpha value is -2.28. The van der Waals surface area contributed by atoms with Gasteiger partial charge in [0.05, 0.1) is 26.9 Å². The van der Waals surface area contributed by atoms with Crippen molar-refractivity contribution in [2.75, 3.05) is 20.8 Å². The number of amides is 1. The molecule has 31 heavy (non-hydrogen) atoms. The molecule has 0 atom stereocenters. The summed E-state index contributed by atoms with van der Waals surface area (Å²) in [5, 5.41) is 13.5. The second-order valence-corrected chi connectivity index (χ2v) is 8.39. The first-order chi connectivity index (χ1) is 15.0. The maximum atomic E-state index is 12.8. The first-order valence-corrected chi connectivity index (χ1v) is 11.0. The van der Waals surface area contributed by atoms with Crippen LogP contribution in [-0.2, 0) is 17.9 Å². The molecule has 2 N–H and O–H groups in total. The molecule has 168 valence electrons. The molecule has 0 heterocycles. The van der Waals surface area contributed by atoms with Gasteiger partial charge in [-0.1, -0.05) is 23.7 Å². The summed E-state index contributed by atoms with van der Waals surface area (Å²) < 4.78 is 10.7. The standard InChI is InChI=1S/C24H31ClN2O4/c1-30-22-5-3-4-17(12-22)15-27(20-7-9-21(28)10-8-20)16-24(29)26-14-18-13-19(25)6-11-23(18)31-2/h3-6,11-13,20-21,28H,7-10,14-16H2,1-2H3,(H,26,29). The molecule has 0 spiro atoms. The second-order valence-electron chi connectivity index (χ2n) is 7.95. The predicted molar refractivity (Wildman–Crippen MR) is 122 cm³/mol. The highest BCUT2D eigenvalue weighted by Crippen LogP contribution is 2.26. The molecule has 2 aromatic carbocycles. The van der Waals surface area contributed by atoms with Gasteiger partial charge in [0.15, 0.2) is 0 Å². The van der Waals surface area contributed by atoms with Gasteiger partial charge < -0.3 is 19.9 Å². The van der Waals surface area contributed by atoms with Crippen LogP contribution in [0.3, 0.4) is 0 Å². The number of hydrogen-bond acceptors (Lipinski definition) is 5. The molecule has 0 aromatic heterocycles. The molecule has 0 aliphatic heterocycles. The van der Waals surface area contributed by atoms with Crippen molar-refractivity contribution in [3.8, 4) is 11.5 Å². The number of ether oxygens (including phenoxy) is 2. The maximum absolute atomic E-state index is 12.8. The summed E-state index contributed by atoms with van der Waals surface area (Å²) in [5.74, 6) is 1.43. The van der Waals surface area contributed by atoms with Crippen LogP contribution in [-0.4, -0.2) is 48.8 Å². The minimum absolute atomic E-state index is 0.0592. The molecule has 7 heteroatoms. The van der Waals surface area contributed by atoms with Crippen LogP contribution in [0.25, 0.3) is 0 Å². The van der Waals surface area contributed by atoms with Crippen LogP contribution < -0.4 is 14.8 Å². The van der Waals surface area contributed by atoms with Crippen molar-refractivity contribution < 1.29 is 19.4 Å². The highest BCUT2D eigenvalue weighted by atomic mass is 35.5. The summed E-state index contributed by atoms with van der Waals surface area (Å²) in [5.41, 5.74) is 1.93. The number of rotatable bonds is 9. The van der Waals surface area contributed by atoms with Gasteiger partial charge in [-0.3, -0.25) is 9.69 Å². The number of benzene rings is 2. The lowest BCUT2D eigenvalue weighted by atomic mass is 9.91. The van der Waals surface area contributed by atoms with Crippen molar-refractivity contribution in [2.45, 2.75) is 50.9 Å². The van der Waals surface area contributed by atoms with E-state index < -0.39 is 0 Å². The highest BCUT2D eigenvalue weighted by Gasteiger charge is 2.26. The Balaban J connectivity index is 1.67. The molecule has 6 nitrogen and oxygen atoms in total. The number of nitrogens with zero attached hydrogens (tertiary/aromatic N) is 1. The molecular weight excluding hydrogens is 416 g/mol. The Morgan fingerprint density at radius 2 is 1.90 bits per heavy atom. The summed E-state index contributed by atoms with van der Waals surface area (Å²) in [4.78, 5) is 15.0. The summed E-state index contributed by atoms with van der Waals surface area (Å²) >= 11 is 6.09. The van der Waals surface area contributed by atoms with E-state index in [2.05, 4.69) is 10.2 Å². The van der Waals surface area contributed by atoms with Crippen LogP contribution >= 0.6 is 11.6 Å². The summed E-state index contributed by atoms with van der Waals surface area (Å²) in [7, 11) is 3.25. The molecular formula is C24H31ClN2O4. The summed E-state index contributed by atoms with van der Waals surface area (Å²) in [6.07, 6.45) is 3.04. The molecule has 1 saturated carbocycles. The number of carbonyl (C=O) groups excluding carboxylic acids is 1. The van der Waals surface area contributed by atoms with Gasteiger partial charge in [0.25, 0.3) is 0 Å². The Labute approximate surface area is 189 Å². The number of carbonyl (C=O) groups is 1. The lowest BCUT2D eigenvalue weighted by Gasteiger charge is -2.35. The van der Waals surface area contributed by atoms with E-state index in [4.69, 9.17) is 21.1 Å². The molecule has 1 aliphatic rings. The molecule has 1 amide bonds. The van der Waals surface area contributed by atoms with Crippen molar-refractivity contribution in [3.05, 3.63) is 58.6 Å². The summed E-state index contributed by atoms with van der Waals surface area (Å²) in [6.45, 7) is 1.27. The first-order valence-electron chi connectivity index (χ1n) is 10.6. The zero-order chi connectivity index (χ0) is 22.2. The van der Waals surface area contributed by atoms with Crippen molar-refractivity contribution in [2.24, 2.45) is 0 Å². The van der Waals surface area contributed by atoms with Gasteiger partial charge in [0, 0.05) is 29.7 Å². The first kappa shape index (κ1) is 23.4. The zero-order valence-electron chi connectivity index (χ0n) is 18.1. The van der Waals surface area contributed by atoms with E-state index in [1.54, 1.807) is 32.4 Å².